The maximum Gasteiger partial charge on any atom is 0.160 e. The third kappa shape index (κ3) is 2.65. The number of hydrogen-bond acceptors (Lipinski definition) is 2. The van der Waals surface area contributed by atoms with Crippen molar-refractivity contribution in [1.82, 2.24) is 14.5 Å². The lowest BCUT2D eigenvalue weighted by molar-refractivity contribution is -0.905. The van der Waals surface area contributed by atoms with E-state index in [4.69, 9.17) is 9.97 Å². The molecule has 0 unspecified atom stereocenters. The number of para-hydroxylation sites is 2. The lowest BCUT2D eigenvalue weighted by atomic mass is 10.1. The average Bonchev–Trinajstić information content (AvgIpc) is 2.97. The van der Waals surface area contributed by atoms with Crippen molar-refractivity contribution in [1.29, 1.82) is 0 Å². The summed E-state index contributed by atoms with van der Waals surface area (Å²) in [7, 11) is 0. The van der Waals surface area contributed by atoms with Gasteiger partial charge in [-0.3, -0.25) is 0 Å². The highest BCUT2D eigenvalue weighted by atomic mass is 15.2. The van der Waals surface area contributed by atoms with Crippen molar-refractivity contribution < 1.29 is 4.90 Å². The number of nitrogens with zero attached hydrogens (tertiary/aromatic N) is 3. The lowest BCUT2D eigenvalue weighted by Gasteiger charge is -2.23. The van der Waals surface area contributed by atoms with Crippen LogP contribution in [0.25, 0.3) is 33.1 Å². The fourth-order valence-corrected chi connectivity index (χ4v) is 4.35. The molecule has 0 saturated carbocycles. The number of nitrogens with one attached hydrogen (secondary N) is 1. The van der Waals surface area contributed by atoms with Gasteiger partial charge in [0.05, 0.1) is 42.7 Å². The van der Waals surface area contributed by atoms with Gasteiger partial charge in [-0.15, -0.1) is 0 Å². The van der Waals surface area contributed by atoms with Gasteiger partial charge in [-0.25, -0.2) is 9.97 Å². The van der Waals surface area contributed by atoms with Crippen molar-refractivity contribution in [2.75, 3.05) is 19.6 Å². The molecule has 0 bridgehead atoms. The summed E-state index contributed by atoms with van der Waals surface area (Å²) in [6.45, 7) is 6.94. The Kier molecular flexibility index (Phi) is 3.86. The molecule has 3 heterocycles. The van der Waals surface area contributed by atoms with Gasteiger partial charge < -0.3 is 9.47 Å². The third-order valence-electron chi connectivity index (χ3n) is 5.76. The van der Waals surface area contributed by atoms with Crippen molar-refractivity contribution in [3.8, 4) is 0 Å². The maximum absolute atomic E-state index is 5.00. The predicted molar refractivity (Wildman–Crippen MR) is 107 cm³/mol. The van der Waals surface area contributed by atoms with Crippen LogP contribution in [-0.2, 0) is 6.54 Å². The van der Waals surface area contributed by atoms with Crippen LogP contribution in [0.3, 0.4) is 0 Å². The SMILES string of the molecule is Cc1ccc2c(c1)c1nc3ccccc3nc1n2CC[NH+]1CCCCC1. The minimum Gasteiger partial charge on any atom is -0.333 e. The van der Waals surface area contributed by atoms with E-state index >= 15 is 0 Å². The van der Waals surface area contributed by atoms with Gasteiger partial charge in [0, 0.05) is 5.39 Å². The Bertz CT molecular complexity index is 1090. The summed E-state index contributed by atoms with van der Waals surface area (Å²) in [5.74, 6) is 0. The number of aryl methyl sites for hydroxylation is 1. The molecule has 0 radical (unpaired) electrons. The molecule has 1 N–H and O–H groups in total. The van der Waals surface area contributed by atoms with Gasteiger partial charge in [0.15, 0.2) is 5.65 Å². The zero-order valence-corrected chi connectivity index (χ0v) is 15.3. The van der Waals surface area contributed by atoms with Crippen LogP contribution in [0.15, 0.2) is 42.5 Å². The number of piperidine rings is 1. The molecule has 4 heteroatoms. The summed E-state index contributed by atoms with van der Waals surface area (Å²) >= 11 is 0. The molecule has 4 nitrogen and oxygen atoms in total. The van der Waals surface area contributed by atoms with Gasteiger partial charge in [-0.2, -0.15) is 0 Å². The van der Waals surface area contributed by atoms with Crippen LogP contribution in [0.2, 0.25) is 0 Å². The minimum atomic E-state index is 0.974. The van der Waals surface area contributed by atoms with E-state index in [0.717, 1.165) is 28.7 Å². The standard InChI is InChI=1S/C22H24N4/c1-16-9-10-20-17(15-16)21-22(24-19-8-4-3-7-18(19)23-21)26(20)14-13-25-11-5-2-6-12-25/h3-4,7-10,15H,2,5-6,11-14H2,1H3/p+1. The number of rotatable bonds is 3. The van der Waals surface area contributed by atoms with E-state index in [-0.39, 0.29) is 0 Å². The molecule has 0 spiro atoms. The summed E-state index contributed by atoms with van der Waals surface area (Å²) in [6, 6.07) is 14.9. The quantitative estimate of drug-likeness (QED) is 0.619. The van der Waals surface area contributed by atoms with Gasteiger partial charge in [0.1, 0.15) is 5.52 Å². The minimum absolute atomic E-state index is 0.974. The van der Waals surface area contributed by atoms with Crippen LogP contribution in [0, 0.1) is 6.92 Å². The number of fused-ring (bicyclic) bond motifs is 4. The molecule has 5 rings (SSSR count). The topological polar surface area (TPSA) is 35.1 Å². The summed E-state index contributed by atoms with van der Waals surface area (Å²) in [4.78, 5) is 11.7. The molecule has 0 amide bonds. The first-order valence-electron chi connectivity index (χ1n) is 9.78. The Morgan fingerprint density at radius 1 is 0.962 bits per heavy atom. The molecule has 26 heavy (non-hydrogen) atoms. The van der Waals surface area contributed by atoms with Crippen molar-refractivity contribution in [3.05, 3.63) is 48.0 Å². The monoisotopic (exact) mass is 345 g/mol. The Hall–Kier alpha value is -2.46. The van der Waals surface area contributed by atoms with E-state index in [1.165, 1.54) is 55.4 Å². The van der Waals surface area contributed by atoms with Crippen molar-refractivity contribution in [2.45, 2.75) is 32.7 Å². The van der Waals surface area contributed by atoms with E-state index in [2.05, 4.69) is 41.8 Å². The van der Waals surface area contributed by atoms with Crippen molar-refractivity contribution in [3.63, 3.8) is 0 Å². The maximum atomic E-state index is 5.00. The zero-order chi connectivity index (χ0) is 17.5. The predicted octanol–water partition coefficient (Wildman–Crippen LogP) is 3.11. The van der Waals surface area contributed by atoms with Gasteiger partial charge in [-0.1, -0.05) is 23.8 Å². The van der Waals surface area contributed by atoms with Crippen LogP contribution < -0.4 is 4.90 Å². The Labute approximate surface area is 153 Å². The molecular weight excluding hydrogens is 320 g/mol. The van der Waals surface area contributed by atoms with Gasteiger partial charge >= 0.3 is 0 Å². The first-order valence-corrected chi connectivity index (χ1v) is 9.78. The van der Waals surface area contributed by atoms with E-state index in [9.17, 15) is 0 Å². The van der Waals surface area contributed by atoms with Crippen LogP contribution in [0.4, 0.5) is 0 Å². The third-order valence-corrected chi connectivity index (χ3v) is 5.76. The largest absolute Gasteiger partial charge is 0.333 e. The fraction of sp³-hybridized carbons (Fsp3) is 0.364. The number of likely N-dealkylation sites (tertiary alicyclic amines) is 1. The molecule has 1 saturated heterocycles. The summed E-state index contributed by atoms with van der Waals surface area (Å²) in [6.07, 6.45) is 4.13. The lowest BCUT2D eigenvalue weighted by Crippen LogP contribution is -3.13. The highest BCUT2D eigenvalue weighted by Gasteiger charge is 2.18. The number of hydrogen-bond donors (Lipinski definition) is 1. The highest BCUT2D eigenvalue weighted by Crippen LogP contribution is 2.28. The first-order chi connectivity index (χ1) is 12.8. The Morgan fingerprint density at radius 2 is 1.73 bits per heavy atom. The Morgan fingerprint density at radius 3 is 2.54 bits per heavy atom. The van der Waals surface area contributed by atoms with Crippen LogP contribution in [-0.4, -0.2) is 34.2 Å². The molecule has 1 aliphatic rings. The van der Waals surface area contributed by atoms with E-state index in [0.29, 0.717) is 0 Å². The highest BCUT2D eigenvalue weighted by molar-refractivity contribution is 6.06. The van der Waals surface area contributed by atoms with E-state index in [1.54, 1.807) is 4.90 Å². The van der Waals surface area contributed by atoms with E-state index < -0.39 is 0 Å². The van der Waals surface area contributed by atoms with Gasteiger partial charge in [-0.05, 0) is 50.5 Å². The van der Waals surface area contributed by atoms with Gasteiger partial charge in [0.2, 0.25) is 0 Å². The molecule has 0 atom stereocenters. The zero-order valence-electron chi connectivity index (χ0n) is 15.3. The van der Waals surface area contributed by atoms with Crippen molar-refractivity contribution in [2.24, 2.45) is 0 Å². The molecule has 4 aromatic rings. The van der Waals surface area contributed by atoms with Crippen LogP contribution in [0.5, 0.6) is 0 Å². The van der Waals surface area contributed by atoms with Gasteiger partial charge in [0.25, 0.3) is 0 Å². The molecular formula is C22H25N4+. The molecule has 2 aromatic carbocycles. The van der Waals surface area contributed by atoms with Crippen LogP contribution >= 0.6 is 0 Å². The average molecular weight is 345 g/mol. The second-order valence-electron chi connectivity index (χ2n) is 7.62. The molecule has 0 aliphatic carbocycles. The normalized spacial score (nSPS) is 16.0. The first kappa shape index (κ1) is 15.8. The molecule has 1 fully saturated rings. The molecule has 132 valence electrons. The van der Waals surface area contributed by atoms with Crippen molar-refractivity contribution >= 4 is 33.1 Å². The summed E-state index contributed by atoms with van der Waals surface area (Å²) in [5, 5.41) is 1.23. The second kappa shape index (κ2) is 6.36. The number of aromatic nitrogens is 3. The summed E-state index contributed by atoms with van der Waals surface area (Å²) < 4.78 is 2.39. The summed E-state index contributed by atoms with van der Waals surface area (Å²) in [5.41, 5.74) is 6.55. The molecule has 1 aliphatic heterocycles. The van der Waals surface area contributed by atoms with E-state index in [1.807, 2.05) is 12.1 Å². The molecule has 2 aromatic heterocycles. The fourth-order valence-electron chi connectivity index (χ4n) is 4.35. The number of benzene rings is 2. The Balaban J connectivity index is 1.67. The van der Waals surface area contributed by atoms with Crippen LogP contribution in [0.1, 0.15) is 24.8 Å². The second-order valence-corrected chi connectivity index (χ2v) is 7.62. The smallest absolute Gasteiger partial charge is 0.160 e. The number of quaternary nitrogens is 1.